The van der Waals surface area contributed by atoms with Crippen LogP contribution < -0.4 is 5.32 Å². The molecule has 1 aromatic carbocycles. The van der Waals surface area contributed by atoms with Crippen molar-refractivity contribution in [1.82, 2.24) is 5.32 Å². The zero-order chi connectivity index (χ0) is 15.7. The Balaban J connectivity index is 1.64. The van der Waals surface area contributed by atoms with E-state index in [1.165, 1.54) is 12.1 Å². The number of benzene rings is 1. The lowest BCUT2D eigenvalue weighted by Crippen LogP contribution is -2.33. The molecule has 1 aromatic rings. The Bertz CT molecular complexity index is 638. The summed E-state index contributed by atoms with van der Waals surface area (Å²) in [4.78, 5) is 23.2. The van der Waals surface area contributed by atoms with Gasteiger partial charge in [-0.1, -0.05) is 12.2 Å². The molecular weight excluding hydrogens is 282 g/mol. The first-order valence-electron chi connectivity index (χ1n) is 7.46. The van der Waals surface area contributed by atoms with Crippen molar-refractivity contribution in [2.24, 2.45) is 11.8 Å². The maximum atomic E-state index is 12.3. The first kappa shape index (κ1) is 14.8. The lowest BCUT2D eigenvalue weighted by Gasteiger charge is -2.22. The Morgan fingerprint density at radius 1 is 1.36 bits per heavy atom. The van der Waals surface area contributed by atoms with E-state index in [4.69, 9.17) is 9.84 Å². The number of carbonyl (C=O) groups excluding carboxylic acids is 1. The SMILES string of the molecule is Cc1cc(C(=O)O)ccc1C(=O)NC[C@@H]1C=C[C@H]2C[C@@H]1CO2. The normalized spacial score (nSPS) is 26.0. The summed E-state index contributed by atoms with van der Waals surface area (Å²) in [6, 6.07) is 4.55. The third kappa shape index (κ3) is 2.90. The van der Waals surface area contributed by atoms with Gasteiger partial charge < -0.3 is 15.2 Å². The van der Waals surface area contributed by atoms with Crippen LogP contribution in [0.5, 0.6) is 0 Å². The molecule has 5 nitrogen and oxygen atoms in total. The van der Waals surface area contributed by atoms with Crippen molar-refractivity contribution in [3.05, 3.63) is 47.0 Å². The summed E-state index contributed by atoms with van der Waals surface area (Å²) in [6.45, 7) is 3.08. The minimum atomic E-state index is -0.988. The largest absolute Gasteiger partial charge is 0.478 e. The summed E-state index contributed by atoms with van der Waals surface area (Å²) in [7, 11) is 0. The van der Waals surface area contributed by atoms with Gasteiger partial charge >= 0.3 is 5.97 Å². The van der Waals surface area contributed by atoms with E-state index in [0.29, 0.717) is 29.5 Å². The zero-order valence-corrected chi connectivity index (χ0v) is 12.4. The number of carboxylic acid groups (broad SMARTS) is 1. The maximum Gasteiger partial charge on any atom is 0.335 e. The van der Waals surface area contributed by atoms with Gasteiger partial charge in [0.25, 0.3) is 5.91 Å². The van der Waals surface area contributed by atoms with Gasteiger partial charge in [0, 0.05) is 12.1 Å². The first-order chi connectivity index (χ1) is 10.5. The predicted molar refractivity (Wildman–Crippen MR) is 80.9 cm³/mol. The van der Waals surface area contributed by atoms with Gasteiger partial charge in [-0.3, -0.25) is 4.79 Å². The van der Waals surface area contributed by atoms with E-state index in [1.807, 2.05) is 0 Å². The van der Waals surface area contributed by atoms with Gasteiger partial charge in [-0.15, -0.1) is 0 Å². The maximum absolute atomic E-state index is 12.3. The predicted octanol–water partition coefficient (Wildman–Crippen LogP) is 2.01. The molecule has 1 aliphatic heterocycles. The standard InChI is InChI=1S/C17H19NO4/c1-10-6-11(17(20)21)3-5-15(10)16(19)18-8-12-2-4-14-7-13(12)9-22-14/h2-6,12-14H,7-9H2,1H3,(H,18,19)(H,20,21)/t12-,13+,14-/m0/s1. The molecule has 1 saturated heterocycles. The molecule has 1 aliphatic carbocycles. The minimum Gasteiger partial charge on any atom is -0.478 e. The summed E-state index contributed by atoms with van der Waals surface area (Å²) < 4.78 is 5.60. The lowest BCUT2D eigenvalue weighted by molar-refractivity contribution is 0.0696. The molecular formula is C17H19NO4. The van der Waals surface area contributed by atoms with Crippen molar-refractivity contribution in [3.8, 4) is 0 Å². The second-order valence-corrected chi connectivity index (χ2v) is 5.96. The average Bonchev–Trinajstić information content (AvgIpc) is 2.88. The Labute approximate surface area is 129 Å². The minimum absolute atomic E-state index is 0.163. The number of ether oxygens (including phenoxy) is 1. The van der Waals surface area contributed by atoms with Crippen molar-refractivity contribution in [3.63, 3.8) is 0 Å². The van der Waals surface area contributed by atoms with Crippen molar-refractivity contribution in [1.29, 1.82) is 0 Å². The summed E-state index contributed by atoms with van der Waals surface area (Å²) in [5.74, 6) is -0.367. The quantitative estimate of drug-likeness (QED) is 0.834. The second-order valence-electron chi connectivity index (χ2n) is 5.96. The highest BCUT2D eigenvalue weighted by atomic mass is 16.5. The van der Waals surface area contributed by atoms with Crippen LogP contribution in [0.1, 0.15) is 32.7 Å². The summed E-state index contributed by atoms with van der Waals surface area (Å²) in [5.41, 5.74) is 1.38. The van der Waals surface area contributed by atoms with Crippen LogP contribution >= 0.6 is 0 Å². The topological polar surface area (TPSA) is 75.6 Å². The molecule has 3 rings (SSSR count). The van der Waals surface area contributed by atoms with Gasteiger partial charge in [-0.25, -0.2) is 4.79 Å². The Kier molecular flexibility index (Phi) is 3.98. The van der Waals surface area contributed by atoms with Crippen LogP contribution in [0.25, 0.3) is 0 Å². The molecule has 2 N–H and O–H groups in total. The average molecular weight is 301 g/mol. The molecule has 2 aliphatic rings. The van der Waals surface area contributed by atoms with Gasteiger partial charge in [-0.05, 0) is 48.9 Å². The highest BCUT2D eigenvalue weighted by Crippen LogP contribution is 2.32. The molecule has 0 radical (unpaired) electrons. The smallest absolute Gasteiger partial charge is 0.335 e. The molecule has 0 aromatic heterocycles. The monoisotopic (exact) mass is 301 g/mol. The number of aromatic carboxylic acids is 1. The van der Waals surface area contributed by atoms with Crippen molar-refractivity contribution < 1.29 is 19.4 Å². The van der Waals surface area contributed by atoms with E-state index in [-0.39, 0.29) is 17.6 Å². The molecule has 22 heavy (non-hydrogen) atoms. The molecule has 1 amide bonds. The highest BCUT2D eigenvalue weighted by molar-refractivity contribution is 5.97. The Morgan fingerprint density at radius 2 is 2.18 bits per heavy atom. The number of rotatable bonds is 4. The van der Waals surface area contributed by atoms with Crippen LogP contribution in [0.15, 0.2) is 30.4 Å². The number of carbonyl (C=O) groups is 2. The third-order valence-corrected chi connectivity index (χ3v) is 4.45. The molecule has 5 heteroatoms. The molecule has 2 bridgehead atoms. The van der Waals surface area contributed by atoms with Gasteiger partial charge in [0.2, 0.25) is 0 Å². The van der Waals surface area contributed by atoms with Crippen LogP contribution in [-0.4, -0.2) is 36.2 Å². The fourth-order valence-corrected chi connectivity index (χ4v) is 3.13. The number of amides is 1. The highest BCUT2D eigenvalue weighted by Gasteiger charge is 2.33. The lowest BCUT2D eigenvalue weighted by atomic mass is 9.85. The van der Waals surface area contributed by atoms with E-state index < -0.39 is 5.97 Å². The van der Waals surface area contributed by atoms with E-state index >= 15 is 0 Å². The van der Waals surface area contributed by atoms with Crippen molar-refractivity contribution in [2.75, 3.05) is 13.2 Å². The van der Waals surface area contributed by atoms with E-state index in [2.05, 4.69) is 17.5 Å². The van der Waals surface area contributed by atoms with Crippen LogP contribution in [0.3, 0.4) is 0 Å². The fraction of sp³-hybridized carbons (Fsp3) is 0.412. The second kappa shape index (κ2) is 5.93. The van der Waals surface area contributed by atoms with Crippen molar-refractivity contribution >= 4 is 11.9 Å². The summed E-state index contributed by atoms with van der Waals surface area (Å²) in [6.07, 6.45) is 5.49. The number of aryl methyl sites for hydroxylation is 1. The fourth-order valence-electron chi connectivity index (χ4n) is 3.13. The van der Waals surface area contributed by atoms with Gasteiger partial charge in [0.1, 0.15) is 0 Å². The van der Waals surface area contributed by atoms with Gasteiger partial charge in [0.15, 0.2) is 0 Å². The van der Waals surface area contributed by atoms with E-state index in [1.54, 1.807) is 13.0 Å². The number of nitrogens with one attached hydrogen (secondary N) is 1. The molecule has 1 heterocycles. The van der Waals surface area contributed by atoms with Crippen LogP contribution in [0.4, 0.5) is 0 Å². The number of carboxylic acids is 1. The van der Waals surface area contributed by atoms with Crippen LogP contribution in [0.2, 0.25) is 0 Å². The van der Waals surface area contributed by atoms with Crippen molar-refractivity contribution in [2.45, 2.75) is 19.4 Å². The number of hydrogen-bond acceptors (Lipinski definition) is 3. The molecule has 1 fully saturated rings. The van der Waals surface area contributed by atoms with E-state index in [0.717, 1.165) is 13.0 Å². The first-order valence-corrected chi connectivity index (χ1v) is 7.46. The molecule has 0 spiro atoms. The van der Waals surface area contributed by atoms with Gasteiger partial charge in [0.05, 0.1) is 18.3 Å². The van der Waals surface area contributed by atoms with Gasteiger partial charge in [-0.2, -0.15) is 0 Å². The number of fused-ring (bicyclic) bond motifs is 2. The van der Waals surface area contributed by atoms with Crippen LogP contribution in [0, 0.1) is 18.8 Å². The summed E-state index contributed by atoms with van der Waals surface area (Å²) >= 11 is 0. The molecule has 3 atom stereocenters. The Hall–Kier alpha value is -2.14. The Morgan fingerprint density at radius 3 is 2.91 bits per heavy atom. The van der Waals surface area contributed by atoms with E-state index in [9.17, 15) is 9.59 Å². The third-order valence-electron chi connectivity index (χ3n) is 4.45. The molecule has 0 unspecified atom stereocenters. The molecule has 116 valence electrons. The summed E-state index contributed by atoms with van der Waals surface area (Å²) in [5, 5.41) is 11.9. The zero-order valence-electron chi connectivity index (χ0n) is 12.4. The number of hydrogen-bond donors (Lipinski definition) is 2. The molecule has 0 saturated carbocycles. The van der Waals surface area contributed by atoms with Crippen LogP contribution in [-0.2, 0) is 4.74 Å².